The summed E-state index contributed by atoms with van der Waals surface area (Å²) in [7, 11) is -1.24. The summed E-state index contributed by atoms with van der Waals surface area (Å²) in [4.78, 5) is 46.4. The molecule has 0 spiro atoms. The van der Waals surface area contributed by atoms with Gasteiger partial charge in [-0.25, -0.2) is 34.7 Å². The molecule has 6 heterocycles. The van der Waals surface area contributed by atoms with Crippen molar-refractivity contribution in [2.45, 2.75) is 58.8 Å². The molecule has 0 aromatic carbocycles. The predicted octanol–water partition coefficient (Wildman–Crippen LogP) is 4.63. The van der Waals surface area contributed by atoms with Gasteiger partial charge in [0, 0.05) is 53.9 Å². The molecule has 2 aliphatic heterocycles. The van der Waals surface area contributed by atoms with Crippen molar-refractivity contribution in [2.75, 3.05) is 74.2 Å². The normalized spacial score (nSPS) is 15.9. The molecule has 4 aromatic rings. The maximum Gasteiger partial charge on any atom is 0.410 e. The number of anilines is 4. The Morgan fingerprint density at radius 1 is 0.878 bits per heavy atom. The van der Waals surface area contributed by atoms with Crippen LogP contribution in [0, 0.1) is 0 Å². The molecule has 0 radical (unpaired) electrons. The number of hydrogen-bond donors (Lipinski definition) is 1. The molecule has 6 rings (SSSR count). The Morgan fingerprint density at radius 3 is 2.22 bits per heavy atom. The summed E-state index contributed by atoms with van der Waals surface area (Å²) in [5.74, 6) is 2.72. The molecule has 1 amide bonds. The van der Waals surface area contributed by atoms with Crippen molar-refractivity contribution in [3.63, 3.8) is 0 Å². The highest BCUT2D eigenvalue weighted by Gasteiger charge is 2.27. The van der Waals surface area contributed by atoms with Crippen LogP contribution in [0.3, 0.4) is 0 Å². The van der Waals surface area contributed by atoms with E-state index in [0.29, 0.717) is 70.1 Å². The standard InChI is InChI=1S/C33H47N11O4Si/c1-33(2,3)48-32(45)43-9-7-41(8-10-43)29-21-36-28(20-37-29)40-27-19-34-25(18-35-27)26-17-24-30(42-11-13-46-14-12-42)38-22-39-31(24)44(26)23-47-15-16-49(4,5)6/h17-22H,7-16,23H2,1-6H3,(H,35,36,40). The highest BCUT2D eigenvalue weighted by molar-refractivity contribution is 6.76. The number of morpholine rings is 1. The second-order valence-electron chi connectivity index (χ2n) is 14.5. The minimum absolute atomic E-state index is 0.288. The van der Waals surface area contributed by atoms with Crippen LogP contribution in [-0.4, -0.2) is 118 Å². The molecule has 49 heavy (non-hydrogen) atoms. The van der Waals surface area contributed by atoms with Crippen LogP contribution in [0.15, 0.2) is 37.2 Å². The van der Waals surface area contributed by atoms with Gasteiger partial charge in [-0.1, -0.05) is 19.6 Å². The average Bonchev–Trinajstić information content (AvgIpc) is 3.45. The first-order valence-electron chi connectivity index (χ1n) is 16.8. The van der Waals surface area contributed by atoms with E-state index >= 15 is 0 Å². The van der Waals surface area contributed by atoms with Crippen molar-refractivity contribution in [1.29, 1.82) is 0 Å². The fraction of sp³-hybridized carbons (Fsp3) is 0.545. The number of nitrogens with one attached hydrogen (secondary N) is 1. The lowest BCUT2D eigenvalue weighted by Gasteiger charge is -2.36. The monoisotopic (exact) mass is 689 g/mol. The molecule has 262 valence electrons. The molecule has 16 heteroatoms. The van der Waals surface area contributed by atoms with Crippen molar-refractivity contribution in [2.24, 2.45) is 0 Å². The number of carbonyl (C=O) groups is 1. The summed E-state index contributed by atoms with van der Waals surface area (Å²) in [6, 6.07) is 3.15. The molecule has 0 aliphatic carbocycles. The molecule has 0 bridgehead atoms. The lowest BCUT2D eigenvalue weighted by molar-refractivity contribution is 0.0240. The van der Waals surface area contributed by atoms with Crippen molar-refractivity contribution >= 4 is 48.5 Å². The smallest absolute Gasteiger partial charge is 0.410 e. The van der Waals surface area contributed by atoms with Crippen molar-refractivity contribution in [3.8, 4) is 11.4 Å². The van der Waals surface area contributed by atoms with Crippen molar-refractivity contribution in [1.82, 2.24) is 39.4 Å². The summed E-state index contributed by atoms with van der Waals surface area (Å²) in [5.41, 5.74) is 1.83. The Bertz CT molecular complexity index is 1710. The van der Waals surface area contributed by atoms with Gasteiger partial charge in [0.25, 0.3) is 0 Å². The molecular weight excluding hydrogens is 643 g/mol. The van der Waals surface area contributed by atoms with E-state index in [1.165, 1.54) is 0 Å². The van der Waals surface area contributed by atoms with Gasteiger partial charge >= 0.3 is 6.09 Å². The van der Waals surface area contributed by atoms with E-state index in [1.54, 1.807) is 36.0 Å². The predicted molar refractivity (Wildman–Crippen MR) is 191 cm³/mol. The van der Waals surface area contributed by atoms with Gasteiger partial charge in [-0.3, -0.25) is 4.57 Å². The Hall–Kier alpha value is -4.41. The first-order valence-corrected chi connectivity index (χ1v) is 20.5. The number of nitrogens with zero attached hydrogens (tertiary/aromatic N) is 10. The Kier molecular flexibility index (Phi) is 10.3. The number of ether oxygens (including phenoxy) is 3. The third-order valence-electron chi connectivity index (χ3n) is 8.26. The SMILES string of the molecule is CC(C)(C)OC(=O)N1CCN(c2cnc(Nc3cnc(-c4cc5c(N6CCOCC6)ncnc5n4COCC[Si](C)(C)C)cn3)cn2)CC1. The maximum atomic E-state index is 12.4. The third-order valence-corrected chi connectivity index (χ3v) is 9.96. The third kappa shape index (κ3) is 8.79. The van der Waals surface area contributed by atoms with Crippen molar-refractivity contribution < 1.29 is 19.0 Å². The topological polar surface area (TPSA) is 149 Å². The highest BCUT2D eigenvalue weighted by atomic mass is 28.3. The molecule has 2 fully saturated rings. The number of rotatable bonds is 10. The molecular formula is C33H47N11O4Si. The van der Waals surface area contributed by atoms with Crippen LogP contribution < -0.4 is 15.1 Å². The van der Waals surface area contributed by atoms with Crippen LogP contribution in [0.2, 0.25) is 25.7 Å². The van der Waals surface area contributed by atoms with Gasteiger partial charge < -0.3 is 34.2 Å². The van der Waals surface area contributed by atoms with Gasteiger partial charge in [-0.2, -0.15) is 0 Å². The average molecular weight is 690 g/mol. The Morgan fingerprint density at radius 2 is 1.59 bits per heavy atom. The summed E-state index contributed by atoms with van der Waals surface area (Å²) < 4.78 is 19.3. The number of carbonyl (C=O) groups excluding carboxylic acids is 1. The zero-order chi connectivity index (χ0) is 34.6. The van der Waals surface area contributed by atoms with Gasteiger partial charge in [-0.15, -0.1) is 0 Å². The fourth-order valence-electron chi connectivity index (χ4n) is 5.60. The Labute approximate surface area is 288 Å². The molecule has 4 aromatic heterocycles. The first kappa shape index (κ1) is 34.4. The molecule has 0 atom stereocenters. The Balaban J connectivity index is 1.14. The molecule has 2 saturated heterocycles. The van der Waals surface area contributed by atoms with Gasteiger partial charge in [0.05, 0.1) is 49.1 Å². The first-order chi connectivity index (χ1) is 23.4. The summed E-state index contributed by atoms with van der Waals surface area (Å²) >= 11 is 0. The summed E-state index contributed by atoms with van der Waals surface area (Å²) in [6.07, 6.45) is 8.15. The van der Waals surface area contributed by atoms with E-state index in [2.05, 4.69) is 70.3 Å². The maximum absolute atomic E-state index is 12.4. The van der Waals surface area contributed by atoms with Crippen LogP contribution in [0.1, 0.15) is 20.8 Å². The lowest BCUT2D eigenvalue weighted by atomic mass is 10.2. The van der Waals surface area contributed by atoms with E-state index in [9.17, 15) is 4.79 Å². The van der Waals surface area contributed by atoms with E-state index in [0.717, 1.165) is 47.5 Å². The molecule has 2 aliphatic rings. The number of fused-ring (bicyclic) bond motifs is 1. The second kappa shape index (κ2) is 14.6. The van der Waals surface area contributed by atoms with E-state index in [4.69, 9.17) is 19.2 Å². The largest absolute Gasteiger partial charge is 0.444 e. The van der Waals surface area contributed by atoms with Crippen LogP contribution in [0.5, 0.6) is 0 Å². The second-order valence-corrected chi connectivity index (χ2v) is 20.1. The van der Waals surface area contributed by atoms with Gasteiger partial charge in [0.1, 0.15) is 53.3 Å². The lowest BCUT2D eigenvalue weighted by Crippen LogP contribution is -2.50. The van der Waals surface area contributed by atoms with Gasteiger partial charge in [0.15, 0.2) is 0 Å². The minimum Gasteiger partial charge on any atom is -0.444 e. The van der Waals surface area contributed by atoms with Crippen LogP contribution in [0.25, 0.3) is 22.4 Å². The van der Waals surface area contributed by atoms with Crippen LogP contribution >= 0.6 is 0 Å². The molecule has 0 saturated carbocycles. The summed E-state index contributed by atoms with van der Waals surface area (Å²) in [5, 5.41) is 4.15. The fourth-order valence-corrected chi connectivity index (χ4v) is 6.36. The summed E-state index contributed by atoms with van der Waals surface area (Å²) in [6.45, 7) is 19.0. The minimum atomic E-state index is -1.24. The number of amides is 1. The van der Waals surface area contributed by atoms with E-state index < -0.39 is 13.7 Å². The number of aromatic nitrogens is 7. The number of piperazine rings is 1. The highest BCUT2D eigenvalue weighted by Crippen LogP contribution is 2.32. The van der Waals surface area contributed by atoms with Crippen LogP contribution in [-0.2, 0) is 20.9 Å². The van der Waals surface area contributed by atoms with Crippen molar-refractivity contribution in [3.05, 3.63) is 37.2 Å². The van der Waals surface area contributed by atoms with E-state index in [1.807, 2.05) is 20.8 Å². The zero-order valence-electron chi connectivity index (χ0n) is 29.3. The van der Waals surface area contributed by atoms with Crippen LogP contribution in [0.4, 0.5) is 28.1 Å². The quantitative estimate of drug-likeness (QED) is 0.182. The van der Waals surface area contributed by atoms with Gasteiger partial charge in [-0.05, 0) is 32.9 Å². The molecule has 1 N–H and O–H groups in total. The zero-order valence-corrected chi connectivity index (χ0v) is 30.3. The van der Waals surface area contributed by atoms with Gasteiger partial charge in [0.2, 0.25) is 0 Å². The molecule has 0 unspecified atom stereocenters. The number of hydrogen-bond acceptors (Lipinski definition) is 13. The van der Waals surface area contributed by atoms with E-state index in [-0.39, 0.29) is 6.09 Å². The molecule has 15 nitrogen and oxygen atoms in total.